The summed E-state index contributed by atoms with van der Waals surface area (Å²) < 4.78 is 14.4. The van der Waals surface area contributed by atoms with Crippen molar-refractivity contribution in [1.82, 2.24) is 19.7 Å². The van der Waals surface area contributed by atoms with Crippen LogP contribution >= 0.6 is 0 Å². The van der Waals surface area contributed by atoms with Gasteiger partial charge in [0, 0.05) is 13.1 Å². The van der Waals surface area contributed by atoms with Crippen LogP contribution in [0, 0.1) is 5.82 Å². The lowest BCUT2D eigenvalue weighted by Gasteiger charge is -2.25. The van der Waals surface area contributed by atoms with Crippen molar-refractivity contribution >= 4 is 12.0 Å². The smallest absolute Gasteiger partial charge is 0.324 e. The molecule has 122 valence electrons. The first-order valence-electron chi connectivity index (χ1n) is 7.39. The van der Waals surface area contributed by atoms with Gasteiger partial charge in [-0.05, 0) is 30.5 Å². The summed E-state index contributed by atoms with van der Waals surface area (Å²) in [5.41, 5.74) is 0.573. The number of carbonyl (C=O) groups is 1. The zero-order chi connectivity index (χ0) is 16.4. The van der Waals surface area contributed by atoms with E-state index in [1.807, 2.05) is 0 Å². The Balaban J connectivity index is 1.68. The van der Waals surface area contributed by atoms with Crippen LogP contribution in [0.2, 0.25) is 0 Å². The first-order valence-corrected chi connectivity index (χ1v) is 7.39. The van der Waals surface area contributed by atoms with E-state index in [0.717, 1.165) is 12.8 Å². The molecule has 1 aromatic carbocycles. The van der Waals surface area contributed by atoms with Gasteiger partial charge in [0.2, 0.25) is 5.95 Å². The van der Waals surface area contributed by atoms with Gasteiger partial charge in [-0.2, -0.15) is 10.1 Å². The zero-order valence-corrected chi connectivity index (χ0v) is 12.7. The largest absolute Gasteiger partial charge is 0.387 e. The third kappa shape index (κ3) is 3.65. The Kier molecular flexibility index (Phi) is 4.24. The average Bonchev–Trinajstić information content (AvgIpc) is 3.29. The van der Waals surface area contributed by atoms with Crippen LogP contribution < -0.4 is 5.32 Å². The Bertz CT molecular complexity index is 683. The minimum absolute atomic E-state index is 0.110. The number of nitrogens with one attached hydrogen (secondary N) is 1. The molecule has 1 aliphatic rings. The molecule has 2 amide bonds. The molecule has 1 saturated carbocycles. The highest BCUT2D eigenvalue weighted by atomic mass is 19.1. The van der Waals surface area contributed by atoms with E-state index < -0.39 is 6.10 Å². The van der Waals surface area contributed by atoms with E-state index >= 15 is 0 Å². The molecule has 1 unspecified atom stereocenters. The summed E-state index contributed by atoms with van der Waals surface area (Å²) in [6.07, 6.45) is 2.29. The molecule has 1 atom stereocenters. The van der Waals surface area contributed by atoms with Crippen LogP contribution in [0.25, 0.3) is 0 Å². The van der Waals surface area contributed by atoms with Crippen molar-refractivity contribution in [3.8, 4) is 0 Å². The molecule has 0 spiro atoms. The number of aliphatic hydroxyl groups excluding tert-OH is 1. The molecule has 0 aliphatic heterocycles. The molecule has 1 fully saturated rings. The molecular weight excluding hydrogens is 301 g/mol. The number of amides is 2. The highest BCUT2D eigenvalue weighted by molar-refractivity contribution is 5.88. The highest BCUT2D eigenvalue weighted by Crippen LogP contribution is 2.29. The van der Waals surface area contributed by atoms with Crippen molar-refractivity contribution in [2.75, 3.05) is 11.9 Å². The summed E-state index contributed by atoms with van der Waals surface area (Å²) in [4.78, 5) is 18.0. The maximum absolute atomic E-state index is 13.0. The van der Waals surface area contributed by atoms with E-state index in [-0.39, 0.29) is 24.4 Å². The molecule has 2 N–H and O–H groups in total. The van der Waals surface area contributed by atoms with Crippen molar-refractivity contribution in [3.05, 3.63) is 42.0 Å². The van der Waals surface area contributed by atoms with Gasteiger partial charge < -0.3 is 10.0 Å². The minimum Gasteiger partial charge on any atom is -0.387 e. The number of benzene rings is 1. The maximum Gasteiger partial charge on any atom is 0.324 e. The summed E-state index contributed by atoms with van der Waals surface area (Å²) in [6, 6.07) is 5.40. The van der Waals surface area contributed by atoms with E-state index in [1.165, 1.54) is 35.3 Å². The quantitative estimate of drug-likeness (QED) is 0.878. The fourth-order valence-corrected chi connectivity index (χ4v) is 2.34. The second-order valence-electron chi connectivity index (χ2n) is 5.59. The number of anilines is 1. The number of hydrogen-bond donors (Lipinski definition) is 2. The second-order valence-corrected chi connectivity index (χ2v) is 5.59. The number of halogens is 1. The summed E-state index contributed by atoms with van der Waals surface area (Å²) >= 11 is 0. The van der Waals surface area contributed by atoms with Crippen LogP contribution in [0.1, 0.15) is 24.5 Å². The summed E-state index contributed by atoms with van der Waals surface area (Å²) in [7, 11) is 1.68. The van der Waals surface area contributed by atoms with Gasteiger partial charge in [0.25, 0.3) is 0 Å². The van der Waals surface area contributed by atoms with Crippen molar-refractivity contribution in [2.24, 2.45) is 7.05 Å². The SMILES string of the molecule is Cn1ncnc1NC(=O)N(CC(O)c1ccc(F)cc1)C1CC1. The molecule has 23 heavy (non-hydrogen) atoms. The van der Waals surface area contributed by atoms with Crippen LogP contribution in [-0.4, -0.2) is 43.4 Å². The van der Waals surface area contributed by atoms with E-state index in [9.17, 15) is 14.3 Å². The molecule has 1 heterocycles. The third-order valence-corrected chi connectivity index (χ3v) is 3.80. The first-order chi connectivity index (χ1) is 11.0. The van der Waals surface area contributed by atoms with Crippen LogP contribution in [0.3, 0.4) is 0 Å². The van der Waals surface area contributed by atoms with Gasteiger partial charge in [-0.1, -0.05) is 12.1 Å². The minimum atomic E-state index is -0.874. The lowest BCUT2D eigenvalue weighted by Crippen LogP contribution is -2.40. The number of hydrogen-bond acceptors (Lipinski definition) is 4. The monoisotopic (exact) mass is 319 g/mol. The molecule has 0 radical (unpaired) electrons. The summed E-state index contributed by atoms with van der Waals surface area (Å²) in [5.74, 6) is -0.0167. The summed E-state index contributed by atoms with van der Waals surface area (Å²) in [6.45, 7) is 0.139. The van der Waals surface area contributed by atoms with Crippen LogP contribution in [0.5, 0.6) is 0 Å². The number of nitrogens with zero attached hydrogens (tertiary/aromatic N) is 4. The number of carbonyl (C=O) groups excluding carboxylic acids is 1. The van der Waals surface area contributed by atoms with Gasteiger partial charge in [0.15, 0.2) is 0 Å². The third-order valence-electron chi connectivity index (χ3n) is 3.80. The molecule has 8 heteroatoms. The normalized spacial score (nSPS) is 15.3. The Labute approximate surface area is 132 Å². The van der Waals surface area contributed by atoms with Crippen molar-refractivity contribution in [2.45, 2.75) is 25.0 Å². The van der Waals surface area contributed by atoms with Crippen LogP contribution in [0.4, 0.5) is 15.1 Å². The van der Waals surface area contributed by atoms with Gasteiger partial charge in [0.05, 0.1) is 12.6 Å². The molecule has 1 aromatic heterocycles. The Morgan fingerprint density at radius 2 is 2.17 bits per heavy atom. The maximum atomic E-state index is 13.0. The van der Waals surface area contributed by atoms with Gasteiger partial charge in [-0.25, -0.2) is 13.9 Å². The molecule has 1 aliphatic carbocycles. The fraction of sp³-hybridized carbons (Fsp3) is 0.400. The van der Waals surface area contributed by atoms with E-state index in [4.69, 9.17) is 0 Å². The Hall–Kier alpha value is -2.48. The number of aliphatic hydroxyl groups is 1. The van der Waals surface area contributed by atoms with Crippen molar-refractivity contribution in [1.29, 1.82) is 0 Å². The van der Waals surface area contributed by atoms with E-state index in [0.29, 0.717) is 11.5 Å². The first kappa shape index (κ1) is 15.4. The number of aromatic nitrogens is 3. The number of rotatable bonds is 5. The zero-order valence-electron chi connectivity index (χ0n) is 12.7. The van der Waals surface area contributed by atoms with Crippen LogP contribution in [0.15, 0.2) is 30.6 Å². The van der Waals surface area contributed by atoms with Gasteiger partial charge in [-0.15, -0.1) is 0 Å². The van der Waals surface area contributed by atoms with Crippen molar-refractivity contribution in [3.63, 3.8) is 0 Å². The molecular formula is C15H18FN5O2. The summed E-state index contributed by atoms with van der Waals surface area (Å²) in [5, 5.41) is 16.9. The van der Waals surface area contributed by atoms with Crippen LogP contribution in [-0.2, 0) is 7.05 Å². The van der Waals surface area contributed by atoms with Gasteiger partial charge >= 0.3 is 6.03 Å². The highest BCUT2D eigenvalue weighted by Gasteiger charge is 2.34. The second kappa shape index (κ2) is 6.33. The molecule has 7 nitrogen and oxygen atoms in total. The molecule has 3 rings (SSSR count). The predicted octanol–water partition coefficient (Wildman–Crippen LogP) is 1.68. The average molecular weight is 319 g/mol. The molecule has 0 saturated heterocycles. The lowest BCUT2D eigenvalue weighted by atomic mass is 10.1. The fourth-order valence-electron chi connectivity index (χ4n) is 2.34. The molecule has 0 bridgehead atoms. The van der Waals surface area contributed by atoms with E-state index in [2.05, 4.69) is 15.4 Å². The van der Waals surface area contributed by atoms with E-state index in [1.54, 1.807) is 11.9 Å². The Morgan fingerprint density at radius 3 is 2.74 bits per heavy atom. The number of aryl methyl sites for hydroxylation is 1. The Morgan fingerprint density at radius 1 is 1.48 bits per heavy atom. The predicted molar refractivity (Wildman–Crippen MR) is 81.1 cm³/mol. The lowest BCUT2D eigenvalue weighted by molar-refractivity contribution is 0.123. The topological polar surface area (TPSA) is 83.3 Å². The number of urea groups is 1. The van der Waals surface area contributed by atoms with Crippen molar-refractivity contribution < 1.29 is 14.3 Å². The molecule has 2 aromatic rings. The van der Waals surface area contributed by atoms with Gasteiger partial charge in [-0.3, -0.25) is 5.32 Å². The standard InChI is InChI=1S/C15H18FN5O2/c1-20-14(17-9-18-20)19-15(23)21(12-6-7-12)8-13(22)10-2-4-11(16)5-3-10/h2-5,9,12-13,22H,6-8H2,1H3,(H,17,18,19,23). The van der Waals surface area contributed by atoms with Gasteiger partial charge in [0.1, 0.15) is 12.1 Å².